The highest BCUT2D eigenvalue weighted by Gasteiger charge is 2.23. The minimum Gasteiger partial charge on any atom is -0.368 e. The van der Waals surface area contributed by atoms with Crippen LogP contribution in [0.25, 0.3) is 0 Å². The van der Waals surface area contributed by atoms with Crippen molar-refractivity contribution in [1.29, 1.82) is 0 Å². The lowest BCUT2D eigenvalue weighted by molar-refractivity contribution is -0.129. The van der Waals surface area contributed by atoms with E-state index in [-0.39, 0.29) is 12.0 Å². The Kier molecular flexibility index (Phi) is 3.97. The van der Waals surface area contributed by atoms with E-state index in [1.807, 2.05) is 13.0 Å². The van der Waals surface area contributed by atoms with Gasteiger partial charge in [0.1, 0.15) is 6.10 Å². The van der Waals surface area contributed by atoms with Gasteiger partial charge in [0.15, 0.2) is 5.15 Å². The van der Waals surface area contributed by atoms with Gasteiger partial charge in [0.25, 0.3) is 5.91 Å². The van der Waals surface area contributed by atoms with Gasteiger partial charge in [0.05, 0.1) is 5.69 Å². The zero-order valence-corrected chi connectivity index (χ0v) is 10.5. The van der Waals surface area contributed by atoms with Crippen LogP contribution in [0.2, 0.25) is 5.15 Å². The number of anilines is 1. The molecule has 17 heavy (non-hydrogen) atoms. The number of hydrogen-bond acceptors (Lipinski definition) is 3. The summed E-state index contributed by atoms with van der Waals surface area (Å²) in [7, 11) is 0. The van der Waals surface area contributed by atoms with Gasteiger partial charge in [0.2, 0.25) is 0 Å². The number of halogens is 1. The summed E-state index contributed by atoms with van der Waals surface area (Å²) in [6.45, 7) is 2.53. The minimum absolute atomic E-state index is 0.136. The van der Waals surface area contributed by atoms with E-state index in [0.717, 1.165) is 24.8 Å². The van der Waals surface area contributed by atoms with Gasteiger partial charge in [-0.25, -0.2) is 4.98 Å². The fraction of sp³-hybridized carbons (Fsp3) is 0.500. The van der Waals surface area contributed by atoms with E-state index in [1.165, 1.54) is 0 Å². The maximum atomic E-state index is 11.9. The largest absolute Gasteiger partial charge is 0.368 e. The first-order valence-electron chi connectivity index (χ1n) is 5.72. The number of carbonyl (C=O) groups excluding carboxylic acids is 1. The molecule has 1 atom stereocenters. The number of amides is 1. The molecular weight excluding hydrogens is 240 g/mol. The van der Waals surface area contributed by atoms with Gasteiger partial charge in [-0.1, -0.05) is 11.6 Å². The molecule has 2 rings (SSSR count). The molecule has 0 saturated carbocycles. The molecule has 2 heterocycles. The smallest absolute Gasteiger partial charge is 0.253 e. The first-order valence-corrected chi connectivity index (χ1v) is 6.10. The number of ether oxygens (including phenoxy) is 1. The number of aromatic nitrogens is 1. The molecule has 5 heteroatoms. The first kappa shape index (κ1) is 12.3. The molecule has 0 aliphatic carbocycles. The number of hydrogen-bond donors (Lipinski definition) is 1. The molecule has 1 fully saturated rings. The molecule has 1 aromatic heterocycles. The van der Waals surface area contributed by atoms with Crippen LogP contribution in [0.3, 0.4) is 0 Å². The van der Waals surface area contributed by atoms with Crippen molar-refractivity contribution in [3.63, 3.8) is 0 Å². The molecule has 1 N–H and O–H groups in total. The second-order valence-corrected chi connectivity index (χ2v) is 4.50. The highest BCUT2D eigenvalue weighted by Crippen LogP contribution is 2.24. The number of nitrogens with zero attached hydrogens (tertiary/aromatic N) is 1. The fourth-order valence-corrected chi connectivity index (χ4v) is 2.08. The number of carbonyl (C=O) groups is 1. The van der Waals surface area contributed by atoms with Crippen LogP contribution < -0.4 is 5.32 Å². The summed E-state index contributed by atoms with van der Waals surface area (Å²) in [5.74, 6) is -0.136. The first-order chi connectivity index (χ1) is 8.18. The van der Waals surface area contributed by atoms with Gasteiger partial charge in [-0.2, -0.15) is 0 Å². The summed E-state index contributed by atoms with van der Waals surface area (Å²) < 4.78 is 5.42. The van der Waals surface area contributed by atoms with Gasteiger partial charge in [-0.05, 0) is 37.8 Å². The summed E-state index contributed by atoms with van der Waals surface area (Å²) in [6, 6.07) is 1.81. The predicted molar refractivity (Wildman–Crippen MR) is 66.2 cm³/mol. The Balaban J connectivity index is 2.07. The second-order valence-electron chi connectivity index (χ2n) is 4.14. The summed E-state index contributed by atoms with van der Waals surface area (Å²) in [5.41, 5.74) is 1.47. The molecule has 0 radical (unpaired) electrons. The molecule has 1 aromatic rings. The van der Waals surface area contributed by atoms with Gasteiger partial charge >= 0.3 is 0 Å². The Bertz CT molecular complexity index is 397. The quantitative estimate of drug-likeness (QED) is 0.826. The van der Waals surface area contributed by atoms with Crippen molar-refractivity contribution < 1.29 is 9.53 Å². The average Bonchev–Trinajstić information content (AvgIpc) is 2.35. The maximum absolute atomic E-state index is 11.9. The third-order valence-electron chi connectivity index (χ3n) is 2.83. The molecule has 1 saturated heterocycles. The van der Waals surface area contributed by atoms with E-state index in [1.54, 1.807) is 6.20 Å². The minimum atomic E-state index is -0.362. The predicted octanol–water partition coefficient (Wildman–Crippen LogP) is 2.55. The molecule has 0 spiro atoms. The summed E-state index contributed by atoms with van der Waals surface area (Å²) in [6.07, 6.45) is 4.07. The molecule has 1 aliphatic rings. The van der Waals surface area contributed by atoms with E-state index in [2.05, 4.69) is 10.3 Å². The van der Waals surface area contributed by atoms with E-state index in [4.69, 9.17) is 16.3 Å². The van der Waals surface area contributed by atoms with Crippen LogP contribution in [-0.2, 0) is 9.53 Å². The van der Waals surface area contributed by atoms with Gasteiger partial charge < -0.3 is 10.1 Å². The van der Waals surface area contributed by atoms with Gasteiger partial charge in [0, 0.05) is 12.8 Å². The van der Waals surface area contributed by atoms with Crippen molar-refractivity contribution in [1.82, 2.24) is 4.98 Å². The number of rotatable bonds is 2. The van der Waals surface area contributed by atoms with Crippen LogP contribution in [0.15, 0.2) is 12.3 Å². The zero-order chi connectivity index (χ0) is 12.3. The molecule has 0 bridgehead atoms. The van der Waals surface area contributed by atoms with Crippen molar-refractivity contribution in [3.05, 3.63) is 23.0 Å². The monoisotopic (exact) mass is 254 g/mol. The van der Waals surface area contributed by atoms with Gasteiger partial charge in [-0.3, -0.25) is 4.79 Å². The third-order valence-corrected chi connectivity index (χ3v) is 3.12. The molecule has 1 unspecified atom stereocenters. The van der Waals surface area contributed by atoms with Crippen LogP contribution in [0.5, 0.6) is 0 Å². The Morgan fingerprint density at radius 2 is 2.41 bits per heavy atom. The molecule has 0 aromatic carbocycles. The van der Waals surface area contributed by atoms with Gasteiger partial charge in [-0.15, -0.1) is 0 Å². The van der Waals surface area contributed by atoms with Crippen LogP contribution in [-0.4, -0.2) is 23.6 Å². The standard InChI is InChI=1S/C12H15ClN2O2/c1-8-5-6-14-11(13)10(8)15-12(16)9-4-2-3-7-17-9/h5-6,9H,2-4,7H2,1H3,(H,15,16). The zero-order valence-electron chi connectivity index (χ0n) is 9.70. The Morgan fingerprint density at radius 1 is 1.59 bits per heavy atom. The van der Waals surface area contributed by atoms with Crippen molar-refractivity contribution >= 4 is 23.2 Å². The van der Waals surface area contributed by atoms with E-state index in [0.29, 0.717) is 17.4 Å². The topological polar surface area (TPSA) is 51.2 Å². The maximum Gasteiger partial charge on any atom is 0.253 e. The molecule has 1 amide bonds. The Morgan fingerprint density at radius 3 is 3.06 bits per heavy atom. The lowest BCUT2D eigenvalue weighted by Crippen LogP contribution is -2.33. The summed E-state index contributed by atoms with van der Waals surface area (Å²) in [5, 5.41) is 3.10. The van der Waals surface area contributed by atoms with E-state index in [9.17, 15) is 4.79 Å². The summed E-state index contributed by atoms with van der Waals surface area (Å²) in [4.78, 5) is 15.9. The van der Waals surface area contributed by atoms with Crippen LogP contribution in [0.4, 0.5) is 5.69 Å². The van der Waals surface area contributed by atoms with Crippen molar-refractivity contribution in [2.24, 2.45) is 0 Å². The number of pyridine rings is 1. The molecule has 4 nitrogen and oxygen atoms in total. The fourth-order valence-electron chi connectivity index (χ4n) is 1.83. The lowest BCUT2D eigenvalue weighted by atomic mass is 10.1. The molecule has 1 aliphatic heterocycles. The molecule has 92 valence electrons. The average molecular weight is 255 g/mol. The third kappa shape index (κ3) is 2.96. The van der Waals surface area contributed by atoms with E-state index >= 15 is 0 Å². The van der Waals surface area contributed by atoms with Crippen molar-refractivity contribution in [3.8, 4) is 0 Å². The van der Waals surface area contributed by atoms with Crippen molar-refractivity contribution in [2.45, 2.75) is 32.3 Å². The lowest BCUT2D eigenvalue weighted by Gasteiger charge is -2.22. The normalized spacial score (nSPS) is 20.0. The number of aryl methyl sites for hydroxylation is 1. The van der Waals surface area contributed by atoms with Crippen LogP contribution in [0, 0.1) is 6.92 Å². The highest BCUT2D eigenvalue weighted by molar-refractivity contribution is 6.32. The van der Waals surface area contributed by atoms with E-state index < -0.39 is 0 Å². The molecular formula is C12H15ClN2O2. The van der Waals surface area contributed by atoms with Crippen molar-refractivity contribution in [2.75, 3.05) is 11.9 Å². The highest BCUT2D eigenvalue weighted by atomic mass is 35.5. The number of nitrogens with one attached hydrogen (secondary N) is 1. The van der Waals surface area contributed by atoms with Crippen LogP contribution >= 0.6 is 11.6 Å². The Labute approximate surface area is 105 Å². The second kappa shape index (κ2) is 5.47. The summed E-state index contributed by atoms with van der Waals surface area (Å²) >= 11 is 5.95. The van der Waals surface area contributed by atoms with Crippen LogP contribution in [0.1, 0.15) is 24.8 Å². The SMILES string of the molecule is Cc1ccnc(Cl)c1NC(=O)C1CCCCO1. The Hall–Kier alpha value is -1.13.